The summed E-state index contributed by atoms with van der Waals surface area (Å²) in [7, 11) is 0. The summed E-state index contributed by atoms with van der Waals surface area (Å²) in [4.78, 5) is 0. The van der Waals surface area contributed by atoms with Gasteiger partial charge in [-0.2, -0.15) is 0 Å². The predicted molar refractivity (Wildman–Crippen MR) is 68.6 cm³/mol. The molecule has 1 unspecified atom stereocenters. The van der Waals surface area contributed by atoms with E-state index in [0.717, 1.165) is 18.4 Å². The van der Waals surface area contributed by atoms with Gasteiger partial charge in [-0.25, -0.2) is 0 Å². The molecule has 0 aliphatic carbocycles. The zero-order chi connectivity index (χ0) is 12.2. The zero-order valence-corrected chi connectivity index (χ0v) is 10.7. The summed E-state index contributed by atoms with van der Waals surface area (Å²) in [5.41, 5.74) is 1.11. The fourth-order valence-corrected chi connectivity index (χ4v) is 1.91. The molecule has 0 heterocycles. The van der Waals surface area contributed by atoms with Crippen molar-refractivity contribution >= 4 is 0 Å². The maximum Gasteiger partial charge on any atom is 0.120 e. The van der Waals surface area contributed by atoms with Crippen molar-refractivity contribution in [1.29, 1.82) is 0 Å². The van der Waals surface area contributed by atoms with Gasteiger partial charge in [0, 0.05) is 17.1 Å². The third-order valence-corrected chi connectivity index (χ3v) is 3.53. The van der Waals surface area contributed by atoms with Crippen LogP contribution in [-0.2, 0) is 0 Å². The molecule has 1 aromatic rings. The van der Waals surface area contributed by atoms with E-state index in [1.807, 2.05) is 18.2 Å². The summed E-state index contributed by atoms with van der Waals surface area (Å²) in [6, 6.07) is 7.69. The molecule has 90 valence electrons. The van der Waals surface area contributed by atoms with Crippen molar-refractivity contribution in [2.45, 2.75) is 52.1 Å². The number of hydrogen-bond donors (Lipinski definition) is 2. The van der Waals surface area contributed by atoms with Crippen LogP contribution in [0.25, 0.3) is 0 Å². The monoisotopic (exact) mass is 221 g/mol. The lowest BCUT2D eigenvalue weighted by Crippen LogP contribution is -2.42. The second kappa shape index (κ2) is 5.35. The molecule has 1 aromatic carbocycles. The van der Waals surface area contributed by atoms with Crippen LogP contribution in [0, 0.1) is 0 Å². The van der Waals surface area contributed by atoms with Crippen molar-refractivity contribution in [3.05, 3.63) is 29.8 Å². The minimum absolute atomic E-state index is 0.141. The van der Waals surface area contributed by atoms with E-state index >= 15 is 0 Å². The van der Waals surface area contributed by atoms with Gasteiger partial charge in [0.25, 0.3) is 0 Å². The van der Waals surface area contributed by atoms with Crippen molar-refractivity contribution in [1.82, 2.24) is 5.32 Å². The summed E-state index contributed by atoms with van der Waals surface area (Å²) in [6.07, 6.45) is 2.17. The zero-order valence-electron chi connectivity index (χ0n) is 10.7. The highest BCUT2D eigenvalue weighted by Crippen LogP contribution is 2.26. The first-order valence-corrected chi connectivity index (χ1v) is 6.08. The third-order valence-electron chi connectivity index (χ3n) is 3.53. The van der Waals surface area contributed by atoms with E-state index in [1.54, 1.807) is 6.07 Å². The number of phenolic OH excluding ortho intramolecular Hbond substituents is 1. The fourth-order valence-electron chi connectivity index (χ4n) is 1.91. The molecule has 16 heavy (non-hydrogen) atoms. The number of phenols is 1. The number of para-hydroxylation sites is 1. The largest absolute Gasteiger partial charge is 0.508 e. The van der Waals surface area contributed by atoms with Gasteiger partial charge in [0.05, 0.1) is 0 Å². The van der Waals surface area contributed by atoms with Crippen LogP contribution in [-0.4, -0.2) is 10.6 Å². The van der Waals surface area contributed by atoms with Gasteiger partial charge < -0.3 is 10.4 Å². The molecule has 2 N–H and O–H groups in total. The summed E-state index contributed by atoms with van der Waals surface area (Å²) in [5.74, 6) is 0.372. The molecule has 2 heteroatoms. The van der Waals surface area contributed by atoms with Crippen LogP contribution in [0.1, 0.15) is 52.1 Å². The number of benzene rings is 1. The molecule has 0 radical (unpaired) electrons. The average Bonchev–Trinajstić information content (AvgIpc) is 2.29. The Kier molecular flexibility index (Phi) is 4.36. The third kappa shape index (κ3) is 2.99. The van der Waals surface area contributed by atoms with Crippen LogP contribution in [0.5, 0.6) is 5.75 Å². The van der Waals surface area contributed by atoms with Crippen molar-refractivity contribution in [2.75, 3.05) is 0 Å². The van der Waals surface area contributed by atoms with Gasteiger partial charge >= 0.3 is 0 Å². The molecular formula is C14H23NO. The minimum Gasteiger partial charge on any atom is -0.508 e. The maximum atomic E-state index is 9.78. The normalized spacial score (nSPS) is 13.8. The quantitative estimate of drug-likeness (QED) is 0.796. The first-order chi connectivity index (χ1) is 7.52. The Hall–Kier alpha value is -1.02. The van der Waals surface area contributed by atoms with Crippen LogP contribution in [0.4, 0.5) is 0 Å². The van der Waals surface area contributed by atoms with Crippen molar-refractivity contribution < 1.29 is 5.11 Å². The van der Waals surface area contributed by atoms with Crippen molar-refractivity contribution in [3.8, 4) is 5.75 Å². The van der Waals surface area contributed by atoms with Crippen LogP contribution in [0.2, 0.25) is 0 Å². The highest BCUT2D eigenvalue weighted by molar-refractivity contribution is 5.34. The average molecular weight is 221 g/mol. The Morgan fingerprint density at radius 1 is 1.25 bits per heavy atom. The van der Waals surface area contributed by atoms with Crippen LogP contribution in [0.3, 0.4) is 0 Å². The van der Waals surface area contributed by atoms with Gasteiger partial charge in [0.15, 0.2) is 0 Å². The number of rotatable bonds is 5. The van der Waals surface area contributed by atoms with Crippen molar-refractivity contribution in [2.24, 2.45) is 0 Å². The Bertz CT molecular complexity index is 331. The predicted octanol–water partition coefficient (Wildman–Crippen LogP) is 3.62. The van der Waals surface area contributed by atoms with Gasteiger partial charge in [-0.1, -0.05) is 32.0 Å². The molecule has 0 fully saturated rings. The first kappa shape index (κ1) is 13.0. The Morgan fingerprint density at radius 2 is 1.81 bits per heavy atom. The molecule has 1 rings (SSSR count). The molecule has 0 aromatic heterocycles. The van der Waals surface area contributed by atoms with Crippen molar-refractivity contribution in [3.63, 3.8) is 0 Å². The van der Waals surface area contributed by atoms with Gasteiger partial charge in [0.2, 0.25) is 0 Å². The lowest BCUT2D eigenvalue weighted by Gasteiger charge is -2.32. The minimum atomic E-state index is 0.141. The number of aromatic hydroxyl groups is 1. The van der Waals surface area contributed by atoms with E-state index in [-0.39, 0.29) is 11.6 Å². The van der Waals surface area contributed by atoms with Gasteiger partial charge in [-0.15, -0.1) is 0 Å². The maximum absolute atomic E-state index is 9.78. The second-order valence-electron chi connectivity index (χ2n) is 4.69. The molecule has 0 saturated heterocycles. The molecule has 0 amide bonds. The van der Waals surface area contributed by atoms with E-state index in [2.05, 4.69) is 33.0 Å². The van der Waals surface area contributed by atoms with E-state index in [4.69, 9.17) is 0 Å². The molecule has 2 nitrogen and oxygen atoms in total. The molecule has 0 saturated carbocycles. The summed E-state index contributed by atoms with van der Waals surface area (Å²) in [5, 5.41) is 13.4. The number of nitrogens with one attached hydrogen (secondary N) is 1. The standard InChI is InChI=1S/C14H23NO/c1-5-14(4,6-2)15-11(3)12-9-7-8-10-13(12)16/h7-11,15-16H,5-6H2,1-4H3. The smallest absolute Gasteiger partial charge is 0.120 e. The molecule has 0 aliphatic heterocycles. The molecule has 0 aliphatic rings. The highest BCUT2D eigenvalue weighted by Gasteiger charge is 2.22. The molecule has 0 bridgehead atoms. The fraction of sp³-hybridized carbons (Fsp3) is 0.571. The van der Waals surface area contributed by atoms with Gasteiger partial charge in [0.1, 0.15) is 5.75 Å². The SMILES string of the molecule is CCC(C)(CC)NC(C)c1ccccc1O. The van der Waals surface area contributed by atoms with E-state index < -0.39 is 0 Å². The lowest BCUT2D eigenvalue weighted by atomic mass is 9.93. The number of hydrogen-bond acceptors (Lipinski definition) is 2. The Balaban J connectivity index is 2.80. The van der Waals surface area contributed by atoms with Crippen LogP contribution < -0.4 is 5.32 Å². The molecule has 0 spiro atoms. The molecular weight excluding hydrogens is 198 g/mol. The molecule has 1 atom stereocenters. The van der Waals surface area contributed by atoms with E-state index in [9.17, 15) is 5.11 Å². The van der Waals surface area contributed by atoms with E-state index in [0.29, 0.717) is 5.75 Å². The lowest BCUT2D eigenvalue weighted by molar-refractivity contribution is 0.296. The Morgan fingerprint density at radius 3 is 2.31 bits per heavy atom. The van der Waals surface area contributed by atoms with Gasteiger partial charge in [-0.05, 0) is 32.8 Å². The highest BCUT2D eigenvalue weighted by atomic mass is 16.3. The summed E-state index contributed by atoms with van der Waals surface area (Å²) < 4.78 is 0. The van der Waals surface area contributed by atoms with Crippen LogP contribution in [0.15, 0.2) is 24.3 Å². The van der Waals surface area contributed by atoms with Crippen LogP contribution >= 0.6 is 0 Å². The topological polar surface area (TPSA) is 32.3 Å². The summed E-state index contributed by atoms with van der Waals surface area (Å²) in [6.45, 7) is 8.70. The van der Waals surface area contributed by atoms with Gasteiger partial charge in [-0.3, -0.25) is 0 Å². The second-order valence-corrected chi connectivity index (χ2v) is 4.69. The first-order valence-electron chi connectivity index (χ1n) is 6.08. The Labute approximate surface area is 98.7 Å². The summed E-state index contributed by atoms with van der Waals surface area (Å²) >= 11 is 0. The van der Waals surface area contributed by atoms with E-state index in [1.165, 1.54) is 0 Å².